The van der Waals surface area contributed by atoms with Gasteiger partial charge in [-0.1, -0.05) is 29.0 Å². The molecular weight excluding hydrogens is 304 g/mol. The number of thiazole rings is 1. The molecule has 0 radical (unpaired) electrons. The molecule has 0 aliphatic carbocycles. The van der Waals surface area contributed by atoms with Crippen LogP contribution in [-0.4, -0.2) is 10.5 Å². The first-order valence-electron chi connectivity index (χ1n) is 7.60. The van der Waals surface area contributed by atoms with Crippen LogP contribution in [0.5, 0.6) is 0 Å². The van der Waals surface area contributed by atoms with Crippen LogP contribution in [0.15, 0.2) is 35.3 Å². The van der Waals surface area contributed by atoms with Crippen molar-refractivity contribution in [1.82, 2.24) is 4.57 Å². The topological polar surface area (TPSA) is 34.4 Å². The Morgan fingerprint density at radius 1 is 1.00 bits per heavy atom. The number of rotatable bonds is 1. The van der Waals surface area contributed by atoms with Gasteiger partial charge in [0.1, 0.15) is 0 Å². The van der Waals surface area contributed by atoms with Crippen molar-refractivity contribution in [2.24, 2.45) is 12.0 Å². The molecule has 0 fully saturated rings. The molecule has 23 heavy (non-hydrogen) atoms. The van der Waals surface area contributed by atoms with Crippen molar-refractivity contribution in [3.63, 3.8) is 0 Å². The van der Waals surface area contributed by atoms with E-state index in [0.717, 1.165) is 26.1 Å². The monoisotopic (exact) mass is 324 g/mol. The van der Waals surface area contributed by atoms with Gasteiger partial charge in [0.05, 0.1) is 10.2 Å². The minimum absolute atomic E-state index is 0.182. The number of aryl methyl sites for hydroxylation is 5. The van der Waals surface area contributed by atoms with E-state index in [-0.39, 0.29) is 5.91 Å². The van der Waals surface area contributed by atoms with Crippen LogP contribution in [0, 0.1) is 27.7 Å². The summed E-state index contributed by atoms with van der Waals surface area (Å²) in [7, 11) is 1.96. The molecule has 1 amide bonds. The van der Waals surface area contributed by atoms with Crippen LogP contribution in [0.3, 0.4) is 0 Å². The third-order valence-corrected chi connectivity index (χ3v) is 5.33. The number of amides is 1. The molecule has 0 unspecified atom stereocenters. The lowest BCUT2D eigenvalue weighted by Gasteiger charge is -2.02. The van der Waals surface area contributed by atoms with Crippen molar-refractivity contribution in [3.8, 4) is 0 Å². The summed E-state index contributed by atoms with van der Waals surface area (Å²) in [5, 5.41) is 0. The summed E-state index contributed by atoms with van der Waals surface area (Å²) >= 11 is 1.55. The third-order valence-electron chi connectivity index (χ3n) is 4.23. The Labute approximate surface area is 139 Å². The van der Waals surface area contributed by atoms with Crippen molar-refractivity contribution in [2.45, 2.75) is 27.7 Å². The first-order valence-corrected chi connectivity index (χ1v) is 8.41. The smallest absolute Gasteiger partial charge is 0.279 e. The summed E-state index contributed by atoms with van der Waals surface area (Å²) in [5.74, 6) is -0.182. The summed E-state index contributed by atoms with van der Waals surface area (Å²) in [6, 6.07) is 10.1. The van der Waals surface area contributed by atoms with Gasteiger partial charge in [0, 0.05) is 12.6 Å². The van der Waals surface area contributed by atoms with Crippen molar-refractivity contribution >= 4 is 27.5 Å². The molecule has 3 aromatic rings. The molecule has 0 N–H and O–H groups in total. The van der Waals surface area contributed by atoms with Crippen LogP contribution in [0.1, 0.15) is 32.6 Å². The standard InChI is InChI=1S/C19H20N2OS/c1-11-6-7-15(14(4)8-11)18(22)20-19-21(5)16-9-12(2)13(3)10-17(16)23-19/h6-10H,1-5H3. The maximum Gasteiger partial charge on any atom is 0.279 e. The molecule has 0 spiro atoms. The molecule has 0 saturated heterocycles. The zero-order valence-corrected chi connectivity index (χ0v) is 14.9. The van der Waals surface area contributed by atoms with Crippen LogP contribution >= 0.6 is 11.3 Å². The highest BCUT2D eigenvalue weighted by atomic mass is 32.1. The minimum Gasteiger partial charge on any atom is -0.319 e. The fourth-order valence-electron chi connectivity index (χ4n) is 2.69. The molecule has 0 aliphatic heterocycles. The zero-order valence-electron chi connectivity index (χ0n) is 14.1. The normalized spacial score (nSPS) is 12.1. The van der Waals surface area contributed by atoms with E-state index in [2.05, 4.69) is 31.0 Å². The van der Waals surface area contributed by atoms with Crippen LogP contribution < -0.4 is 4.80 Å². The van der Waals surface area contributed by atoms with Gasteiger partial charge in [-0.15, -0.1) is 0 Å². The molecule has 4 heteroatoms. The van der Waals surface area contributed by atoms with Crippen molar-refractivity contribution in [3.05, 3.63) is 63.0 Å². The molecule has 0 aliphatic rings. The van der Waals surface area contributed by atoms with Gasteiger partial charge in [0.15, 0.2) is 4.80 Å². The van der Waals surface area contributed by atoms with Crippen molar-refractivity contribution in [2.75, 3.05) is 0 Å². The maximum atomic E-state index is 12.5. The van der Waals surface area contributed by atoms with Crippen LogP contribution in [0.4, 0.5) is 0 Å². The van der Waals surface area contributed by atoms with Gasteiger partial charge in [-0.25, -0.2) is 0 Å². The average molecular weight is 324 g/mol. The van der Waals surface area contributed by atoms with E-state index in [4.69, 9.17) is 0 Å². The predicted octanol–water partition coefficient (Wildman–Crippen LogP) is 4.21. The molecule has 1 heterocycles. The van der Waals surface area contributed by atoms with Gasteiger partial charge in [-0.05, 0) is 62.6 Å². The summed E-state index contributed by atoms with van der Waals surface area (Å²) in [6.45, 7) is 8.18. The second-order valence-corrected chi connectivity index (χ2v) is 7.09. The number of aromatic nitrogens is 1. The van der Waals surface area contributed by atoms with Gasteiger partial charge in [0.2, 0.25) is 0 Å². The first kappa shape index (κ1) is 15.7. The zero-order chi connectivity index (χ0) is 16.7. The fourth-order valence-corrected chi connectivity index (χ4v) is 3.78. The van der Waals surface area contributed by atoms with Gasteiger partial charge >= 0.3 is 0 Å². The minimum atomic E-state index is -0.182. The van der Waals surface area contributed by atoms with Gasteiger partial charge < -0.3 is 4.57 Å². The third kappa shape index (κ3) is 2.86. The molecule has 0 bridgehead atoms. The van der Waals surface area contributed by atoms with E-state index in [1.54, 1.807) is 11.3 Å². The maximum absolute atomic E-state index is 12.5. The van der Waals surface area contributed by atoms with E-state index >= 15 is 0 Å². The molecule has 3 nitrogen and oxygen atoms in total. The molecule has 3 rings (SSSR count). The number of fused-ring (bicyclic) bond motifs is 1. The number of carbonyl (C=O) groups is 1. The average Bonchev–Trinajstić information content (AvgIpc) is 2.76. The van der Waals surface area contributed by atoms with E-state index < -0.39 is 0 Å². The predicted molar refractivity (Wildman–Crippen MR) is 96.1 cm³/mol. The molecule has 0 saturated carbocycles. The van der Waals surface area contributed by atoms with E-state index in [9.17, 15) is 4.79 Å². The summed E-state index contributed by atoms with van der Waals surface area (Å²) in [6.07, 6.45) is 0. The van der Waals surface area contributed by atoms with Crippen LogP contribution in [0.25, 0.3) is 10.2 Å². The number of hydrogen-bond donors (Lipinski definition) is 0. The highest BCUT2D eigenvalue weighted by Gasteiger charge is 2.10. The number of carbonyl (C=O) groups excluding carboxylic acids is 1. The van der Waals surface area contributed by atoms with Gasteiger partial charge in [-0.3, -0.25) is 4.79 Å². The van der Waals surface area contributed by atoms with Gasteiger partial charge in [0.25, 0.3) is 5.91 Å². The second kappa shape index (κ2) is 5.78. The summed E-state index contributed by atoms with van der Waals surface area (Å²) in [4.78, 5) is 17.6. The highest BCUT2D eigenvalue weighted by molar-refractivity contribution is 7.16. The summed E-state index contributed by atoms with van der Waals surface area (Å²) in [5.41, 5.74) is 6.40. The largest absolute Gasteiger partial charge is 0.319 e. The SMILES string of the molecule is Cc1ccc(C(=O)N=c2sc3cc(C)c(C)cc3n2C)c(C)c1. The molecular formula is C19H20N2OS. The fraction of sp³-hybridized carbons (Fsp3) is 0.263. The Morgan fingerprint density at radius 3 is 2.39 bits per heavy atom. The molecule has 1 aromatic heterocycles. The van der Waals surface area contributed by atoms with E-state index in [1.807, 2.05) is 43.7 Å². The Kier molecular flexibility index (Phi) is 3.94. The quantitative estimate of drug-likeness (QED) is 0.660. The Bertz CT molecular complexity index is 993. The van der Waals surface area contributed by atoms with Crippen molar-refractivity contribution < 1.29 is 4.79 Å². The highest BCUT2D eigenvalue weighted by Crippen LogP contribution is 2.21. The summed E-state index contributed by atoms with van der Waals surface area (Å²) < 4.78 is 3.15. The second-order valence-electron chi connectivity index (χ2n) is 6.08. The van der Waals surface area contributed by atoms with E-state index in [1.165, 1.54) is 11.1 Å². The van der Waals surface area contributed by atoms with Crippen molar-refractivity contribution in [1.29, 1.82) is 0 Å². The number of hydrogen-bond acceptors (Lipinski definition) is 2. The molecule has 0 atom stereocenters. The van der Waals surface area contributed by atoms with E-state index in [0.29, 0.717) is 5.56 Å². The molecule has 118 valence electrons. The Balaban J connectivity index is 2.14. The Hall–Kier alpha value is -2.20. The van der Waals surface area contributed by atoms with Gasteiger partial charge in [-0.2, -0.15) is 4.99 Å². The first-order chi connectivity index (χ1) is 10.9. The lowest BCUT2D eigenvalue weighted by molar-refractivity contribution is 0.0997. The molecule has 2 aromatic carbocycles. The van der Waals surface area contributed by atoms with Crippen LogP contribution in [0.2, 0.25) is 0 Å². The number of nitrogens with zero attached hydrogens (tertiary/aromatic N) is 2. The number of benzene rings is 2. The van der Waals surface area contributed by atoms with Crippen LogP contribution in [-0.2, 0) is 7.05 Å². The Morgan fingerprint density at radius 2 is 1.70 bits per heavy atom. The lowest BCUT2D eigenvalue weighted by atomic mass is 10.1. The lowest BCUT2D eigenvalue weighted by Crippen LogP contribution is -2.13.